The lowest BCUT2D eigenvalue weighted by molar-refractivity contribution is -0.119. The molecular formula is C31H28Cl2N5O4P. The van der Waals surface area contributed by atoms with Crippen LogP contribution in [-0.2, 0) is 15.8 Å². The molecule has 1 atom stereocenters. The van der Waals surface area contributed by atoms with Gasteiger partial charge in [-0.3, -0.25) is 14.2 Å². The van der Waals surface area contributed by atoms with Crippen molar-refractivity contribution in [3.05, 3.63) is 117 Å². The Labute approximate surface area is 258 Å². The minimum atomic E-state index is -2.45. The second-order valence-corrected chi connectivity index (χ2v) is 14.3. The maximum Gasteiger partial charge on any atom is 0.252 e. The van der Waals surface area contributed by atoms with Crippen LogP contribution >= 0.6 is 30.3 Å². The van der Waals surface area contributed by atoms with Crippen molar-refractivity contribution in [2.24, 2.45) is 0 Å². The summed E-state index contributed by atoms with van der Waals surface area (Å²) in [5.41, 5.74) is 2.54. The molecule has 0 aliphatic rings. The van der Waals surface area contributed by atoms with Crippen LogP contribution in [0.3, 0.4) is 0 Å². The third kappa shape index (κ3) is 6.91. The van der Waals surface area contributed by atoms with Crippen molar-refractivity contribution in [2.45, 2.75) is 12.5 Å². The van der Waals surface area contributed by atoms with Gasteiger partial charge < -0.3 is 14.6 Å². The zero-order valence-electron chi connectivity index (χ0n) is 23.6. The Morgan fingerprint density at radius 2 is 1.70 bits per heavy atom. The van der Waals surface area contributed by atoms with E-state index in [-0.39, 0.29) is 11.6 Å². The highest BCUT2D eigenvalue weighted by atomic mass is 35.5. The summed E-state index contributed by atoms with van der Waals surface area (Å²) in [6, 6.07) is 21.9. The Balaban J connectivity index is 1.57. The number of ether oxygens (including phenoxy) is 1. The van der Waals surface area contributed by atoms with Gasteiger partial charge in [-0.25, -0.2) is 4.68 Å². The molecule has 0 spiro atoms. The van der Waals surface area contributed by atoms with Gasteiger partial charge in [0.15, 0.2) is 5.15 Å². The topological polar surface area (TPSA) is 108 Å². The highest BCUT2D eigenvalue weighted by molar-refractivity contribution is 7.70. The van der Waals surface area contributed by atoms with Crippen molar-refractivity contribution < 1.29 is 14.1 Å². The second kappa shape index (κ2) is 12.6. The number of rotatable bonds is 9. The standard InChI is InChI=1S/C31H28Cl2N5O4P/c1-42-28-18-37(30(39)17-25(28)24-16-21(32)9-14-26(24)38-19-29(33)35-36-38)27(15-20-7-5-4-6-8-20)31(40)34-22-10-12-23(13-11-22)43(2,3)41/h4-14,16-19,27H,15H2,1-3H3,(H,34,40). The molecule has 2 aromatic heterocycles. The Kier molecular flexibility index (Phi) is 8.87. The van der Waals surface area contributed by atoms with Gasteiger partial charge in [0.25, 0.3) is 5.56 Å². The highest BCUT2D eigenvalue weighted by Crippen LogP contribution is 2.36. The smallest absolute Gasteiger partial charge is 0.252 e. The molecule has 0 aliphatic heterocycles. The minimum Gasteiger partial charge on any atom is -0.495 e. The zero-order valence-corrected chi connectivity index (χ0v) is 26.0. The van der Waals surface area contributed by atoms with E-state index in [1.807, 2.05) is 30.3 Å². The average Bonchev–Trinajstić information content (AvgIpc) is 3.42. The molecule has 5 aromatic rings. The summed E-state index contributed by atoms with van der Waals surface area (Å²) in [5.74, 6) is -0.0587. The number of benzene rings is 3. The van der Waals surface area contributed by atoms with E-state index < -0.39 is 24.7 Å². The Bertz CT molecular complexity index is 1880. The number of halogens is 2. The predicted octanol–water partition coefficient (Wildman–Crippen LogP) is 6.08. The molecule has 0 saturated carbocycles. The first-order valence-corrected chi connectivity index (χ1v) is 16.6. The van der Waals surface area contributed by atoms with Gasteiger partial charge in [-0.2, -0.15) is 0 Å². The maximum atomic E-state index is 13.8. The fourth-order valence-corrected chi connectivity index (χ4v) is 5.88. The van der Waals surface area contributed by atoms with Crippen LogP contribution in [0.1, 0.15) is 11.6 Å². The number of nitrogens with one attached hydrogen (secondary N) is 1. The van der Waals surface area contributed by atoms with E-state index in [0.717, 1.165) is 5.56 Å². The van der Waals surface area contributed by atoms with Gasteiger partial charge in [-0.1, -0.05) is 58.7 Å². The van der Waals surface area contributed by atoms with Crippen LogP contribution in [0, 0.1) is 0 Å². The van der Waals surface area contributed by atoms with E-state index in [0.29, 0.717) is 38.6 Å². The second-order valence-electron chi connectivity index (χ2n) is 10.2. The minimum absolute atomic E-state index is 0.200. The van der Waals surface area contributed by atoms with Crippen molar-refractivity contribution >= 4 is 47.2 Å². The molecule has 1 N–H and O–H groups in total. The molecule has 220 valence electrons. The van der Waals surface area contributed by atoms with E-state index in [2.05, 4.69) is 15.6 Å². The lowest BCUT2D eigenvalue weighted by Gasteiger charge is -2.22. The molecule has 0 bridgehead atoms. The Morgan fingerprint density at radius 1 is 0.977 bits per heavy atom. The van der Waals surface area contributed by atoms with Crippen LogP contribution in [0.2, 0.25) is 10.2 Å². The third-order valence-electron chi connectivity index (χ3n) is 6.89. The molecule has 0 fully saturated rings. The quantitative estimate of drug-likeness (QED) is 0.197. The Hall–Kier alpha value is -4.17. The van der Waals surface area contributed by atoms with E-state index >= 15 is 0 Å². The normalized spacial score (nSPS) is 12.1. The number of pyridine rings is 1. The van der Waals surface area contributed by atoms with Crippen LogP contribution in [0.25, 0.3) is 16.8 Å². The SMILES string of the molecule is COc1cn(C(Cc2ccccc2)C(=O)Nc2ccc(P(C)(C)=O)cc2)c(=O)cc1-c1cc(Cl)ccc1-n1cc(Cl)nn1. The fraction of sp³-hybridized carbons (Fsp3) is 0.161. The first-order valence-electron chi connectivity index (χ1n) is 13.2. The van der Waals surface area contributed by atoms with Crippen molar-refractivity contribution in [3.8, 4) is 22.6 Å². The molecule has 1 unspecified atom stereocenters. The predicted molar refractivity (Wildman–Crippen MR) is 171 cm³/mol. The van der Waals surface area contributed by atoms with E-state index in [9.17, 15) is 14.2 Å². The van der Waals surface area contributed by atoms with Gasteiger partial charge in [-0.15, -0.1) is 5.10 Å². The number of aromatic nitrogens is 4. The van der Waals surface area contributed by atoms with E-state index in [1.165, 1.54) is 34.8 Å². The van der Waals surface area contributed by atoms with Crippen molar-refractivity contribution in [2.75, 3.05) is 25.8 Å². The summed E-state index contributed by atoms with van der Waals surface area (Å²) < 4.78 is 21.0. The molecule has 0 saturated heterocycles. The van der Waals surface area contributed by atoms with Gasteiger partial charge in [0.05, 0.1) is 25.2 Å². The van der Waals surface area contributed by atoms with E-state index in [4.69, 9.17) is 27.9 Å². The van der Waals surface area contributed by atoms with Gasteiger partial charge in [-0.05, 0) is 61.4 Å². The number of anilines is 1. The maximum absolute atomic E-state index is 13.8. The average molecular weight is 636 g/mol. The van der Waals surface area contributed by atoms with Gasteiger partial charge in [0.1, 0.15) is 18.9 Å². The number of nitrogens with zero attached hydrogens (tertiary/aromatic N) is 4. The monoisotopic (exact) mass is 635 g/mol. The molecule has 1 amide bonds. The molecular weight excluding hydrogens is 608 g/mol. The number of amides is 1. The van der Waals surface area contributed by atoms with Crippen LogP contribution in [0.5, 0.6) is 5.75 Å². The molecule has 0 radical (unpaired) electrons. The third-order valence-corrected chi connectivity index (χ3v) is 8.84. The summed E-state index contributed by atoms with van der Waals surface area (Å²) in [4.78, 5) is 27.5. The molecule has 0 aliphatic carbocycles. The number of carbonyl (C=O) groups is 1. The van der Waals surface area contributed by atoms with Gasteiger partial charge in [0, 0.05) is 39.6 Å². The zero-order chi connectivity index (χ0) is 30.7. The first kappa shape index (κ1) is 30.3. The number of methoxy groups -OCH3 is 1. The fourth-order valence-electron chi connectivity index (χ4n) is 4.71. The molecule has 43 heavy (non-hydrogen) atoms. The molecule has 12 heteroatoms. The van der Waals surface area contributed by atoms with Crippen molar-refractivity contribution in [1.29, 1.82) is 0 Å². The summed E-state index contributed by atoms with van der Waals surface area (Å²) in [7, 11) is -0.968. The van der Waals surface area contributed by atoms with Gasteiger partial charge in [0.2, 0.25) is 5.91 Å². The van der Waals surface area contributed by atoms with Crippen LogP contribution < -0.4 is 20.9 Å². The molecule has 2 heterocycles. The van der Waals surface area contributed by atoms with Crippen molar-refractivity contribution in [3.63, 3.8) is 0 Å². The van der Waals surface area contributed by atoms with Gasteiger partial charge >= 0.3 is 0 Å². The lowest BCUT2D eigenvalue weighted by Crippen LogP contribution is -2.34. The summed E-state index contributed by atoms with van der Waals surface area (Å²) >= 11 is 12.4. The molecule has 9 nitrogen and oxygen atoms in total. The summed E-state index contributed by atoms with van der Waals surface area (Å²) in [5, 5.41) is 12.2. The van der Waals surface area contributed by atoms with Crippen LogP contribution in [0.4, 0.5) is 5.69 Å². The summed E-state index contributed by atoms with van der Waals surface area (Å²) in [6.07, 6.45) is 3.30. The number of hydrogen-bond acceptors (Lipinski definition) is 6. The Morgan fingerprint density at radius 3 is 2.33 bits per heavy atom. The molecule has 5 rings (SSSR count). The molecule has 3 aromatic carbocycles. The largest absolute Gasteiger partial charge is 0.495 e. The summed E-state index contributed by atoms with van der Waals surface area (Å²) in [6.45, 7) is 3.38. The van der Waals surface area contributed by atoms with E-state index in [1.54, 1.807) is 55.8 Å². The lowest BCUT2D eigenvalue weighted by atomic mass is 10.0. The van der Waals surface area contributed by atoms with Crippen LogP contribution in [-0.4, -0.2) is 45.9 Å². The van der Waals surface area contributed by atoms with Crippen LogP contribution in [0.15, 0.2) is 96.1 Å². The number of carbonyl (C=O) groups excluding carboxylic acids is 1. The first-order chi connectivity index (χ1) is 20.5. The highest BCUT2D eigenvalue weighted by Gasteiger charge is 2.25. The van der Waals surface area contributed by atoms with Crippen molar-refractivity contribution in [1.82, 2.24) is 19.6 Å². The number of hydrogen-bond donors (Lipinski definition) is 1.